The van der Waals surface area contributed by atoms with Crippen molar-refractivity contribution in [1.82, 2.24) is 4.90 Å². The minimum atomic E-state index is -0.683. The molecule has 0 aromatic heterocycles. The zero-order chi connectivity index (χ0) is 15.6. The third-order valence-electron chi connectivity index (χ3n) is 3.99. The number of halogens is 1. The van der Waals surface area contributed by atoms with Crippen molar-refractivity contribution in [3.63, 3.8) is 0 Å². The lowest BCUT2D eigenvalue weighted by Gasteiger charge is -2.33. The van der Waals surface area contributed by atoms with Crippen LogP contribution in [0.1, 0.15) is 30.1 Å². The minimum Gasteiger partial charge on any atom is -0.502 e. The first-order valence-corrected chi connectivity index (χ1v) is 6.92. The molecule has 0 bridgehead atoms. The van der Waals surface area contributed by atoms with Gasteiger partial charge >= 0.3 is 5.69 Å². The first-order valence-electron chi connectivity index (χ1n) is 6.92. The molecule has 0 saturated carbocycles. The summed E-state index contributed by atoms with van der Waals surface area (Å²) in [6.45, 7) is 3.20. The summed E-state index contributed by atoms with van der Waals surface area (Å²) in [6, 6.07) is 3.79. The van der Waals surface area contributed by atoms with Crippen LogP contribution in [0.3, 0.4) is 0 Å². The number of carbonyl (C=O) groups is 1. The van der Waals surface area contributed by atoms with Crippen LogP contribution in [0.15, 0.2) is 18.2 Å². The third-order valence-corrected chi connectivity index (χ3v) is 3.99. The zero-order valence-electron chi connectivity index (χ0n) is 12.3. The Labute approximate surface area is 134 Å². The minimum absolute atomic E-state index is 0. The maximum atomic E-state index is 12.3. The number of carbonyl (C=O) groups excluding carboxylic acids is 1. The molecule has 1 aromatic rings. The number of phenols is 1. The van der Waals surface area contributed by atoms with Crippen LogP contribution in [0.4, 0.5) is 5.69 Å². The average molecular weight is 330 g/mol. The van der Waals surface area contributed by atoms with Crippen LogP contribution in [-0.2, 0) is 0 Å². The second-order valence-corrected chi connectivity index (χ2v) is 5.45. The van der Waals surface area contributed by atoms with Gasteiger partial charge in [0.05, 0.1) is 4.92 Å². The van der Waals surface area contributed by atoms with Crippen LogP contribution in [0, 0.1) is 16.0 Å². The first-order chi connectivity index (χ1) is 9.90. The van der Waals surface area contributed by atoms with Crippen LogP contribution in [0.5, 0.6) is 5.75 Å². The average Bonchev–Trinajstić information content (AvgIpc) is 2.46. The molecule has 7 nitrogen and oxygen atoms in total. The Morgan fingerprint density at radius 2 is 2.05 bits per heavy atom. The number of hydrogen-bond acceptors (Lipinski definition) is 5. The van der Waals surface area contributed by atoms with E-state index in [-0.39, 0.29) is 29.9 Å². The van der Waals surface area contributed by atoms with Crippen molar-refractivity contribution < 1.29 is 14.8 Å². The number of piperidine rings is 1. The number of nitro groups is 1. The fourth-order valence-electron chi connectivity index (χ4n) is 2.62. The Morgan fingerprint density at radius 1 is 1.45 bits per heavy atom. The highest BCUT2D eigenvalue weighted by Crippen LogP contribution is 2.28. The van der Waals surface area contributed by atoms with Gasteiger partial charge in [0.25, 0.3) is 5.91 Å². The molecule has 0 aliphatic carbocycles. The van der Waals surface area contributed by atoms with Crippen molar-refractivity contribution in [2.24, 2.45) is 11.7 Å². The van der Waals surface area contributed by atoms with E-state index in [0.717, 1.165) is 25.0 Å². The molecule has 1 aliphatic heterocycles. The van der Waals surface area contributed by atoms with Gasteiger partial charge in [-0.1, -0.05) is 0 Å². The van der Waals surface area contributed by atoms with Gasteiger partial charge in [-0.15, -0.1) is 12.4 Å². The standard InChI is InChI=1S/C14H19N3O4.ClH/c1-9(15)10-4-6-16(7-5-10)14(19)11-2-3-12(17(20)21)13(18)8-11;/h2-3,8-10,18H,4-7,15H2,1H3;1H. The fourth-order valence-corrected chi connectivity index (χ4v) is 2.62. The van der Waals surface area contributed by atoms with E-state index in [1.807, 2.05) is 6.92 Å². The van der Waals surface area contributed by atoms with Crippen molar-refractivity contribution in [2.75, 3.05) is 13.1 Å². The number of nitrogens with two attached hydrogens (primary N) is 1. The zero-order valence-corrected chi connectivity index (χ0v) is 13.1. The number of likely N-dealkylation sites (tertiary alicyclic amines) is 1. The molecule has 1 heterocycles. The van der Waals surface area contributed by atoms with Gasteiger partial charge in [-0.2, -0.15) is 0 Å². The summed E-state index contributed by atoms with van der Waals surface area (Å²) in [7, 11) is 0. The summed E-state index contributed by atoms with van der Waals surface area (Å²) in [4.78, 5) is 24.0. The molecule has 1 atom stereocenters. The lowest BCUT2D eigenvalue weighted by Crippen LogP contribution is -2.42. The molecule has 1 saturated heterocycles. The lowest BCUT2D eigenvalue weighted by molar-refractivity contribution is -0.385. The van der Waals surface area contributed by atoms with Gasteiger partial charge in [-0.25, -0.2) is 0 Å². The second kappa shape index (κ2) is 7.42. The van der Waals surface area contributed by atoms with Gasteiger partial charge in [0.1, 0.15) is 0 Å². The van der Waals surface area contributed by atoms with E-state index in [2.05, 4.69) is 0 Å². The van der Waals surface area contributed by atoms with Crippen molar-refractivity contribution in [3.8, 4) is 5.75 Å². The number of aromatic hydroxyl groups is 1. The van der Waals surface area contributed by atoms with Gasteiger partial charge in [-0.05, 0) is 37.8 Å². The summed E-state index contributed by atoms with van der Waals surface area (Å²) in [6.07, 6.45) is 1.70. The number of amides is 1. The molecule has 1 aliphatic rings. The van der Waals surface area contributed by atoms with Crippen molar-refractivity contribution >= 4 is 24.0 Å². The number of hydrogen-bond donors (Lipinski definition) is 2. The quantitative estimate of drug-likeness (QED) is 0.650. The highest BCUT2D eigenvalue weighted by atomic mass is 35.5. The summed E-state index contributed by atoms with van der Waals surface area (Å²) < 4.78 is 0. The molecule has 1 unspecified atom stereocenters. The SMILES string of the molecule is CC(N)C1CCN(C(=O)c2ccc([N+](=O)[O-])c(O)c2)CC1.Cl. The largest absolute Gasteiger partial charge is 0.502 e. The van der Waals surface area contributed by atoms with E-state index in [0.29, 0.717) is 19.0 Å². The van der Waals surface area contributed by atoms with E-state index in [9.17, 15) is 20.0 Å². The number of benzene rings is 1. The molecule has 3 N–H and O–H groups in total. The van der Waals surface area contributed by atoms with Crippen molar-refractivity contribution in [1.29, 1.82) is 0 Å². The fraction of sp³-hybridized carbons (Fsp3) is 0.500. The summed E-state index contributed by atoms with van der Waals surface area (Å²) >= 11 is 0. The maximum Gasteiger partial charge on any atom is 0.310 e. The topological polar surface area (TPSA) is 110 Å². The van der Waals surface area contributed by atoms with Crippen LogP contribution < -0.4 is 5.73 Å². The van der Waals surface area contributed by atoms with E-state index < -0.39 is 16.4 Å². The Bertz CT molecular complexity index is 557. The Kier molecular flexibility index (Phi) is 6.13. The Hall–Kier alpha value is -1.86. The Morgan fingerprint density at radius 3 is 2.50 bits per heavy atom. The number of nitrogens with zero attached hydrogens (tertiary/aromatic N) is 2. The van der Waals surface area contributed by atoms with Gasteiger partial charge < -0.3 is 15.7 Å². The molecule has 8 heteroatoms. The van der Waals surface area contributed by atoms with Gasteiger partial charge in [0.2, 0.25) is 0 Å². The van der Waals surface area contributed by atoms with Crippen molar-refractivity contribution in [3.05, 3.63) is 33.9 Å². The second-order valence-electron chi connectivity index (χ2n) is 5.45. The molecule has 0 radical (unpaired) electrons. The van der Waals surface area contributed by atoms with Crippen molar-refractivity contribution in [2.45, 2.75) is 25.8 Å². The van der Waals surface area contributed by atoms with Crippen LogP contribution in [-0.4, -0.2) is 40.0 Å². The monoisotopic (exact) mass is 329 g/mol. The lowest BCUT2D eigenvalue weighted by atomic mass is 9.90. The van der Waals surface area contributed by atoms with Gasteiger partial charge in [0, 0.05) is 30.8 Å². The maximum absolute atomic E-state index is 12.3. The normalized spacial score (nSPS) is 16.7. The third kappa shape index (κ3) is 3.86. The highest BCUT2D eigenvalue weighted by Gasteiger charge is 2.26. The predicted octanol–water partition coefficient (Wildman–Crippen LogP) is 1.92. The molecule has 22 heavy (non-hydrogen) atoms. The molecule has 0 spiro atoms. The number of phenolic OH excluding ortho intramolecular Hbond substituents is 1. The highest BCUT2D eigenvalue weighted by molar-refractivity contribution is 5.95. The summed E-state index contributed by atoms with van der Waals surface area (Å²) in [5, 5.41) is 20.2. The number of nitro benzene ring substituents is 1. The van der Waals surface area contributed by atoms with Crippen LogP contribution in [0.25, 0.3) is 0 Å². The predicted molar refractivity (Wildman–Crippen MR) is 84.3 cm³/mol. The number of rotatable bonds is 3. The molecule has 1 aromatic carbocycles. The molecule has 122 valence electrons. The van der Waals surface area contributed by atoms with Crippen LogP contribution in [0.2, 0.25) is 0 Å². The molecule has 2 rings (SSSR count). The van der Waals surface area contributed by atoms with E-state index in [4.69, 9.17) is 5.73 Å². The molecular weight excluding hydrogens is 310 g/mol. The van der Waals surface area contributed by atoms with Crippen LogP contribution >= 0.6 is 12.4 Å². The summed E-state index contributed by atoms with van der Waals surface area (Å²) in [5.74, 6) is -0.293. The molecule has 1 fully saturated rings. The van der Waals surface area contributed by atoms with Gasteiger partial charge in [-0.3, -0.25) is 14.9 Å². The first kappa shape index (κ1) is 18.2. The smallest absolute Gasteiger partial charge is 0.310 e. The Balaban J connectivity index is 0.00000242. The summed E-state index contributed by atoms with van der Waals surface area (Å²) in [5.41, 5.74) is 5.73. The van der Waals surface area contributed by atoms with E-state index in [1.165, 1.54) is 6.07 Å². The molecule has 1 amide bonds. The van der Waals surface area contributed by atoms with E-state index in [1.54, 1.807) is 4.90 Å². The van der Waals surface area contributed by atoms with Gasteiger partial charge in [0.15, 0.2) is 5.75 Å². The molecular formula is C14H20ClN3O4. The van der Waals surface area contributed by atoms with E-state index >= 15 is 0 Å².